The molecule has 6 heteroatoms. The average molecular weight is 388 g/mol. The molecule has 1 atom stereocenters. The van der Waals surface area contributed by atoms with Crippen LogP contribution in [0.2, 0.25) is 0 Å². The third-order valence-corrected chi connectivity index (χ3v) is 5.34. The number of hydrogen-bond donors (Lipinski definition) is 1. The highest BCUT2D eigenvalue weighted by Crippen LogP contribution is 2.16. The summed E-state index contributed by atoms with van der Waals surface area (Å²) in [5, 5.41) is 3.49. The number of benzene rings is 1. The van der Waals surface area contributed by atoms with Gasteiger partial charge in [-0.3, -0.25) is 14.0 Å². The van der Waals surface area contributed by atoms with Gasteiger partial charge in [-0.25, -0.2) is 4.98 Å². The molecule has 0 aliphatic carbocycles. The molecule has 0 radical (unpaired) electrons. The highest BCUT2D eigenvalue weighted by molar-refractivity contribution is 5.98. The molecule has 0 aliphatic rings. The summed E-state index contributed by atoms with van der Waals surface area (Å²) < 4.78 is 3.23. The van der Waals surface area contributed by atoms with Crippen molar-refractivity contribution in [2.24, 2.45) is 7.05 Å². The summed E-state index contributed by atoms with van der Waals surface area (Å²) in [6, 6.07) is 15.6. The summed E-state index contributed by atoms with van der Waals surface area (Å²) >= 11 is 0. The monoisotopic (exact) mass is 388 g/mol. The number of carbonyl (C=O) groups excluding carboxylic acids is 1. The van der Waals surface area contributed by atoms with E-state index in [0.717, 1.165) is 18.4 Å². The lowest BCUT2D eigenvalue weighted by molar-refractivity contribution is 0.0930. The molecule has 3 heterocycles. The summed E-state index contributed by atoms with van der Waals surface area (Å²) in [4.78, 5) is 30.4. The maximum Gasteiger partial charge on any atom is 0.268 e. The predicted molar refractivity (Wildman–Crippen MR) is 114 cm³/mol. The second-order valence-electron chi connectivity index (χ2n) is 7.53. The van der Waals surface area contributed by atoms with Gasteiger partial charge in [0.25, 0.3) is 11.5 Å². The zero-order valence-electron chi connectivity index (χ0n) is 16.8. The lowest BCUT2D eigenvalue weighted by atomic mass is 10.1. The lowest BCUT2D eigenvalue weighted by Crippen LogP contribution is -2.34. The molecule has 1 unspecified atom stereocenters. The zero-order chi connectivity index (χ0) is 20.5. The van der Waals surface area contributed by atoms with Crippen LogP contribution < -0.4 is 10.9 Å². The summed E-state index contributed by atoms with van der Waals surface area (Å²) in [7, 11) is 1.77. The van der Waals surface area contributed by atoms with Crippen LogP contribution in [0.25, 0.3) is 16.7 Å². The van der Waals surface area contributed by atoms with Gasteiger partial charge in [0.05, 0.1) is 5.39 Å². The van der Waals surface area contributed by atoms with Gasteiger partial charge >= 0.3 is 0 Å². The van der Waals surface area contributed by atoms with Crippen LogP contribution in [0.3, 0.4) is 0 Å². The molecule has 148 valence electrons. The first kappa shape index (κ1) is 18.9. The van der Waals surface area contributed by atoms with Crippen molar-refractivity contribution in [1.82, 2.24) is 19.3 Å². The Bertz CT molecular complexity index is 1250. The molecule has 3 aromatic heterocycles. The summed E-state index contributed by atoms with van der Waals surface area (Å²) in [5.41, 5.74) is 3.55. The van der Waals surface area contributed by atoms with E-state index >= 15 is 0 Å². The fourth-order valence-corrected chi connectivity index (χ4v) is 3.65. The van der Waals surface area contributed by atoms with E-state index in [4.69, 9.17) is 0 Å². The SMILES string of the molecule is Cc1cccn2c(=O)c3cc(C(=O)NC(C)CCc4ccccc4)n(C)c3nc12. The van der Waals surface area contributed by atoms with Gasteiger partial charge in [-0.2, -0.15) is 0 Å². The molecule has 29 heavy (non-hydrogen) atoms. The van der Waals surface area contributed by atoms with Crippen LogP contribution in [0, 0.1) is 6.92 Å². The summed E-state index contributed by atoms with van der Waals surface area (Å²) in [6.07, 6.45) is 3.43. The van der Waals surface area contributed by atoms with Crippen molar-refractivity contribution in [1.29, 1.82) is 0 Å². The number of aromatic nitrogens is 3. The van der Waals surface area contributed by atoms with E-state index in [1.807, 2.05) is 44.2 Å². The molecule has 4 rings (SSSR count). The Morgan fingerprint density at radius 2 is 1.90 bits per heavy atom. The molecule has 1 N–H and O–H groups in total. The molecule has 1 aromatic carbocycles. The van der Waals surface area contributed by atoms with E-state index in [2.05, 4.69) is 22.4 Å². The first-order chi connectivity index (χ1) is 14.0. The molecule has 0 bridgehead atoms. The highest BCUT2D eigenvalue weighted by Gasteiger charge is 2.19. The van der Waals surface area contributed by atoms with Gasteiger partial charge < -0.3 is 9.88 Å². The van der Waals surface area contributed by atoms with Crippen LogP contribution in [0.15, 0.2) is 59.5 Å². The molecule has 0 saturated heterocycles. The maximum absolute atomic E-state index is 12.9. The predicted octanol–water partition coefficient (Wildman–Crippen LogP) is 3.25. The molecular formula is C23H24N4O2. The van der Waals surface area contributed by atoms with Crippen LogP contribution in [0.5, 0.6) is 0 Å². The Morgan fingerprint density at radius 3 is 2.66 bits per heavy atom. The third kappa shape index (κ3) is 3.53. The second-order valence-corrected chi connectivity index (χ2v) is 7.53. The van der Waals surface area contributed by atoms with Crippen molar-refractivity contribution < 1.29 is 4.79 Å². The number of nitrogens with one attached hydrogen (secondary N) is 1. The van der Waals surface area contributed by atoms with Crippen LogP contribution in [0.1, 0.15) is 35.0 Å². The van der Waals surface area contributed by atoms with E-state index in [9.17, 15) is 9.59 Å². The molecule has 6 nitrogen and oxygen atoms in total. The van der Waals surface area contributed by atoms with Gasteiger partial charge in [-0.15, -0.1) is 0 Å². The van der Waals surface area contributed by atoms with Crippen molar-refractivity contribution >= 4 is 22.6 Å². The number of pyridine rings is 1. The normalized spacial score (nSPS) is 12.4. The van der Waals surface area contributed by atoms with Gasteiger partial charge in [-0.1, -0.05) is 36.4 Å². The van der Waals surface area contributed by atoms with Gasteiger partial charge in [0.2, 0.25) is 0 Å². The maximum atomic E-state index is 12.9. The van der Waals surface area contributed by atoms with Crippen molar-refractivity contribution in [3.63, 3.8) is 0 Å². The quantitative estimate of drug-likeness (QED) is 0.571. The van der Waals surface area contributed by atoms with E-state index < -0.39 is 0 Å². The minimum atomic E-state index is -0.198. The van der Waals surface area contributed by atoms with Crippen LogP contribution >= 0.6 is 0 Å². The second kappa shape index (κ2) is 7.54. The van der Waals surface area contributed by atoms with Crippen molar-refractivity contribution in [3.8, 4) is 0 Å². The molecule has 0 fully saturated rings. The first-order valence-corrected chi connectivity index (χ1v) is 9.78. The Morgan fingerprint density at radius 1 is 1.14 bits per heavy atom. The number of aryl methyl sites for hydroxylation is 3. The minimum Gasteiger partial charge on any atom is -0.348 e. The highest BCUT2D eigenvalue weighted by atomic mass is 16.2. The molecule has 0 spiro atoms. The van der Waals surface area contributed by atoms with Gasteiger partial charge in [0.1, 0.15) is 17.0 Å². The Hall–Kier alpha value is -3.41. The molecule has 4 aromatic rings. The summed E-state index contributed by atoms with van der Waals surface area (Å²) in [6.45, 7) is 3.91. The van der Waals surface area contributed by atoms with Crippen LogP contribution in [-0.4, -0.2) is 25.9 Å². The number of fused-ring (bicyclic) bond motifs is 2. The number of hydrogen-bond acceptors (Lipinski definition) is 3. The molecule has 0 saturated carbocycles. The fourth-order valence-electron chi connectivity index (χ4n) is 3.65. The lowest BCUT2D eigenvalue weighted by Gasteiger charge is -2.14. The van der Waals surface area contributed by atoms with Crippen molar-refractivity contribution in [2.75, 3.05) is 0 Å². The van der Waals surface area contributed by atoms with Crippen LogP contribution in [-0.2, 0) is 13.5 Å². The zero-order valence-corrected chi connectivity index (χ0v) is 16.8. The molecule has 1 amide bonds. The van der Waals surface area contributed by atoms with E-state index in [0.29, 0.717) is 22.4 Å². The first-order valence-electron chi connectivity index (χ1n) is 9.78. The Balaban J connectivity index is 1.60. The van der Waals surface area contributed by atoms with Gasteiger partial charge in [0.15, 0.2) is 0 Å². The average Bonchev–Trinajstić information content (AvgIpc) is 3.05. The molecule has 0 aliphatic heterocycles. The van der Waals surface area contributed by atoms with E-state index in [1.165, 1.54) is 9.96 Å². The number of rotatable bonds is 5. The smallest absolute Gasteiger partial charge is 0.268 e. The molecular weight excluding hydrogens is 364 g/mol. The number of amides is 1. The topological polar surface area (TPSA) is 68.4 Å². The minimum absolute atomic E-state index is 0.0103. The van der Waals surface area contributed by atoms with E-state index in [1.54, 1.807) is 23.9 Å². The Labute approximate surface area is 168 Å². The standard InChI is InChI=1S/C23H24N4O2/c1-15-8-7-13-27-20(15)25-21-18(23(27)29)14-19(26(21)3)22(28)24-16(2)11-12-17-9-5-4-6-10-17/h4-10,13-14,16H,11-12H2,1-3H3,(H,24,28). The fraction of sp³-hybridized carbons (Fsp3) is 0.261. The van der Waals surface area contributed by atoms with Gasteiger partial charge in [-0.05, 0) is 49.9 Å². The van der Waals surface area contributed by atoms with E-state index in [-0.39, 0.29) is 17.5 Å². The third-order valence-electron chi connectivity index (χ3n) is 5.34. The van der Waals surface area contributed by atoms with Crippen molar-refractivity contribution in [2.45, 2.75) is 32.7 Å². The van der Waals surface area contributed by atoms with Crippen molar-refractivity contribution in [3.05, 3.63) is 81.9 Å². The number of nitrogens with zero attached hydrogens (tertiary/aromatic N) is 3. The van der Waals surface area contributed by atoms with Crippen LogP contribution in [0.4, 0.5) is 0 Å². The largest absolute Gasteiger partial charge is 0.348 e. The number of carbonyl (C=O) groups is 1. The summed E-state index contributed by atoms with van der Waals surface area (Å²) in [5.74, 6) is -0.198. The Kier molecular flexibility index (Phi) is 4.92. The van der Waals surface area contributed by atoms with Gasteiger partial charge in [0, 0.05) is 19.3 Å².